The molecule has 5 nitrogen and oxygen atoms in total. The fourth-order valence-electron chi connectivity index (χ4n) is 2.07. The highest BCUT2D eigenvalue weighted by Crippen LogP contribution is 2.17. The molecule has 20 heavy (non-hydrogen) atoms. The second kappa shape index (κ2) is 5.05. The molecule has 6 heteroatoms. The Morgan fingerprint density at radius 1 is 1.40 bits per heavy atom. The Hall–Kier alpha value is -2.21. The van der Waals surface area contributed by atoms with Gasteiger partial charge in [-0.1, -0.05) is 6.07 Å². The molecule has 0 aliphatic carbocycles. The van der Waals surface area contributed by atoms with E-state index in [1.807, 2.05) is 44.3 Å². The van der Waals surface area contributed by atoms with Crippen LogP contribution < -0.4 is 5.32 Å². The van der Waals surface area contributed by atoms with Crippen LogP contribution in [-0.2, 0) is 6.54 Å². The molecule has 1 N–H and O–H groups in total. The van der Waals surface area contributed by atoms with E-state index in [-0.39, 0.29) is 5.91 Å². The van der Waals surface area contributed by atoms with Crippen LogP contribution in [0.5, 0.6) is 0 Å². The van der Waals surface area contributed by atoms with Gasteiger partial charge in [-0.3, -0.25) is 4.79 Å². The van der Waals surface area contributed by atoms with E-state index in [1.54, 1.807) is 4.52 Å². The third-order valence-corrected chi connectivity index (χ3v) is 4.03. The number of rotatable bonds is 3. The van der Waals surface area contributed by atoms with Gasteiger partial charge in [-0.25, -0.2) is 9.50 Å². The second-order valence-electron chi connectivity index (χ2n) is 4.54. The van der Waals surface area contributed by atoms with Crippen molar-refractivity contribution in [1.82, 2.24) is 19.9 Å². The number of fused-ring (bicyclic) bond motifs is 1. The van der Waals surface area contributed by atoms with Crippen LogP contribution in [0.4, 0.5) is 0 Å². The normalized spacial score (nSPS) is 10.9. The number of aryl methyl sites for hydroxylation is 2. The van der Waals surface area contributed by atoms with Gasteiger partial charge in [-0.2, -0.15) is 5.10 Å². The number of hydrogen-bond acceptors (Lipinski definition) is 4. The van der Waals surface area contributed by atoms with Gasteiger partial charge in [-0.05, 0) is 32.0 Å². The molecule has 3 heterocycles. The van der Waals surface area contributed by atoms with Gasteiger partial charge in [-0.15, -0.1) is 11.3 Å². The fourth-order valence-corrected chi connectivity index (χ4v) is 2.91. The molecule has 0 atom stereocenters. The van der Waals surface area contributed by atoms with Crippen molar-refractivity contribution in [1.29, 1.82) is 0 Å². The Morgan fingerprint density at radius 3 is 2.95 bits per heavy atom. The van der Waals surface area contributed by atoms with Gasteiger partial charge in [0, 0.05) is 6.20 Å². The zero-order valence-corrected chi connectivity index (χ0v) is 12.1. The molecule has 0 unspecified atom stereocenters. The zero-order chi connectivity index (χ0) is 14.1. The van der Waals surface area contributed by atoms with E-state index >= 15 is 0 Å². The minimum atomic E-state index is -0.0924. The molecule has 0 saturated heterocycles. The van der Waals surface area contributed by atoms with Crippen LogP contribution >= 0.6 is 11.3 Å². The molecule has 0 radical (unpaired) electrons. The number of carbonyl (C=O) groups excluding carboxylic acids is 1. The topological polar surface area (TPSA) is 59.3 Å². The third kappa shape index (κ3) is 2.42. The van der Waals surface area contributed by atoms with Crippen LogP contribution in [0.25, 0.3) is 5.52 Å². The number of aromatic nitrogens is 3. The summed E-state index contributed by atoms with van der Waals surface area (Å²) in [6.07, 6.45) is 1.89. The number of thiazole rings is 1. The monoisotopic (exact) mass is 286 g/mol. The Bertz CT molecular complexity index is 741. The fraction of sp³-hybridized carbons (Fsp3) is 0.214. The van der Waals surface area contributed by atoms with Crippen molar-refractivity contribution in [3.05, 3.63) is 51.7 Å². The van der Waals surface area contributed by atoms with Crippen molar-refractivity contribution in [2.45, 2.75) is 20.4 Å². The number of hydrogen-bond donors (Lipinski definition) is 1. The van der Waals surface area contributed by atoms with E-state index in [4.69, 9.17) is 0 Å². The van der Waals surface area contributed by atoms with Crippen LogP contribution in [0.3, 0.4) is 0 Å². The van der Waals surface area contributed by atoms with Crippen molar-refractivity contribution in [2.75, 3.05) is 0 Å². The maximum atomic E-state index is 12.1. The van der Waals surface area contributed by atoms with Crippen molar-refractivity contribution < 1.29 is 4.79 Å². The van der Waals surface area contributed by atoms with E-state index in [0.29, 0.717) is 11.4 Å². The summed E-state index contributed by atoms with van der Waals surface area (Å²) in [6, 6.07) is 7.83. The lowest BCUT2D eigenvalue weighted by molar-refractivity contribution is 0.0953. The van der Waals surface area contributed by atoms with E-state index in [9.17, 15) is 4.79 Å². The van der Waals surface area contributed by atoms with Crippen molar-refractivity contribution in [3.63, 3.8) is 0 Å². The Morgan fingerprint density at radius 2 is 2.25 bits per heavy atom. The zero-order valence-electron chi connectivity index (χ0n) is 11.3. The minimum Gasteiger partial charge on any atom is -0.346 e. The molecule has 0 aromatic carbocycles. The average Bonchev–Trinajstić information content (AvgIpc) is 2.98. The van der Waals surface area contributed by atoms with Gasteiger partial charge in [0.15, 0.2) is 0 Å². The first kappa shape index (κ1) is 12.8. The van der Waals surface area contributed by atoms with Gasteiger partial charge in [0.05, 0.1) is 28.5 Å². The van der Waals surface area contributed by atoms with Crippen LogP contribution in [0.15, 0.2) is 30.5 Å². The summed E-state index contributed by atoms with van der Waals surface area (Å²) in [5.74, 6) is -0.0924. The highest BCUT2D eigenvalue weighted by Gasteiger charge is 2.13. The van der Waals surface area contributed by atoms with E-state index in [1.165, 1.54) is 11.3 Å². The largest absolute Gasteiger partial charge is 0.346 e. The summed E-state index contributed by atoms with van der Waals surface area (Å²) < 4.78 is 1.80. The van der Waals surface area contributed by atoms with E-state index in [2.05, 4.69) is 15.4 Å². The molecule has 0 aliphatic rings. The number of pyridine rings is 1. The number of nitrogens with zero attached hydrogens (tertiary/aromatic N) is 3. The summed E-state index contributed by atoms with van der Waals surface area (Å²) in [5, 5.41) is 8.18. The molecule has 1 amide bonds. The van der Waals surface area contributed by atoms with Gasteiger partial charge < -0.3 is 5.32 Å². The second-order valence-corrected chi connectivity index (χ2v) is 5.74. The summed E-state index contributed by atoms with van der Waals surface area (Å²) in [4.78, 5) is 17.0. The number of amides is 1. The predicted octanol–water partition coefficient (Wildman–Crippen LogP) is 2.34. The SMILES string of the molecule is Cc1nc(C)c(C(=O)NCc2cc3ccccn3n2)s1. The maximum absolute atomic E-state index is 12.1. The van der Waals surface area contributed by atoms with Crippen LogP contribution in [-0.4, -0.2) is 20.5 Å². The lowest BCUT2D eigenvalue weighted by atomic mass is 10.3. The Labute approximate surface area is 120 Å². The molecule has 0 fully saturated rings. The minimum absolute atomic E-state index is 0.0924. The highest BCUT2D eigenvalue weighted by atomic mass is 32.1. The van der Waals surface area contributed by atoms with Crippen molar-refractivity contribution in [3.8, 4) is 0 Å². The molecule has 3 aromatic rings. The van der Waals surface area contributed by atoms with Gasteiger partial charge in [0.1, 0.15) is 4.88 Å². The Balaban J connectivity index is 1.73. The van der Waals surface area contributed by atoms with Crippen molar-refractivity contribution >= 4 is 22.8 Å². The van der Waals surface area contributed by atoms with Crippen LogP contribution in [0.2, 0.25) is 0 Å². The summed E-state index contributed by atoms with van der Waals surface area (Å²) in [7, 11) is 0. The predicted molar refractivity (Wildman–Crippen MR) is 78.0 cm³/mol. The molecule has 0 spiro atoms. The lowest BCUT2D eigenvalue weighted by Gasteiger charge is -2.00. The third-order valence-electron chi connectivity index (χ3n) is 2.96. The quantitative estimate of drug-likeness (QED) is 0.804. The van der Waals surface area contributed by atoms with Crippen molar-refractivity contribution in [2.24, 2.45) is 0 Å². The van der Waals surface area contributed by atoms with Gasteiger partial charge >= 0.3 is 0 Å². The van der Waals surface area contributed by atoms with Gasteiger partial charge in [0.25, 0.3) is 5.91 Å². The molecule has 3 rings (SSSR count). The first-order chi connectivity index (χ1) is 9.63. The summed E-state index contributed by atoms with van der Waals surface area (Å²) in [5.41, 5.74) is 2.63. The molecule has 0 aliphatic heterocycles. The van der Waals surface area contributed by atoms with Crippen LogP contribution in [0.1, 0.15) is 26.1 Å². The highest BCUT2D eigenvalue weighted by molar-refractivity contribution is 7.13. The Kier molecular flexibility index (Phi) is 3.23. The standard InChI is InChI=1S/C14H14N4OS/c1-9-13(20-10(2)16-9)14(19)15-8-11-7-12-5-3-4-6-18(12)17-11/h3-7H,8H2,1-2H3,(H,15,19). The molecule has 0 saturated carbocycles. The summed E-state index contributed by atoms with van der Waals surface area (Å²) in [6.45, 7) is 4.16. The molecule has 102 valence electrons. The first-order valence-corrected chi connectivity index (χ1v) is 7.10. The number of nitrogens with one attached hydrogen (secondary N) is 1. The molecule has 0 bridgehead atoms. The number of carbonyl (C=O) groups is 1. The average molecular weight is 286 g/mol. The molecular weight excluding hydrogens is 272 g/mol. The van der Waals surface area contributed by atoms with Gasteiger partial charge in [0.2, 0.25) is 0 Å². The molecule has 3 aromatic heterocycles. The maximum Gasteiger partial charge on any atom is 0.263 e. The summed E-state index contributed by atoms with van der Waals surface area (Å²) >= 11 is 1.41. The van der Waals surface area contributed by atoms with E-state index < -0.39 is 0 Å². The van der Waals surface area contributed by atoms with Crippen LogP contribution in [0, 0.1) is 13.8 Å². The smallest absolute Gasteiger partial charge is 0.263 e. The molecular formula is C14H14N4OS. The lowest BCUT2D eigenvalue weighted by Crippen LogP contribution is -2.22. The first-order valence-electron chi connectivity index (χ1n) is 6.29. The van der Waals surface area contributed by atoms with E-state index in [0.717, 1.165) is 21.9 Å².